The minimum atomic E-state index is 0.298. The summed E-state index contributed by atoms with van der Waals surface area (Å²) >= 11 is 7.91. The van der Waals surface area contributed by atoms with Crippen molar-refractivity contribution in [3.63, 3.8) is 0 Å². The highest BCUT2D eigenvalue weighted by Gasteiger charge is 2.46. The molecule has 3 aromatic heterocycles. The van der Waals surface area contributed by atoms with Crippen LogP contribution in [0.15, 0.2) is 34.4 Å². The van der Waals surface area contributed by atoms with E-state index in [4.69, 9.17) is 28.1 Å². The van der Waals surface area contributed by atoms with Crippen molar-refractivity contribution < 1.29 is 0 Å². The summed E-state index contributed by atoms with van der Waals surface area (Å²) < 4.78 is 2.09. The van der Waals surface area contributed by atoms with E-state index in [0.717, 1.165) is 65.4 Å². The first-order valence-electron chi connectivity index (χ1n) is 10.8. The van der Waals surface area contributed by atoms with E-state index in [0.29, 0.717) is 22.3 Å². The second kappa shape index (κ2) is 7.83. The van der Waals surface area contributed by atoms with Crippen LogP contribution in [0.2, 0.25) is 5.02 Å². The third-order valence-electron chi connectivity index (χ3n) is 6.99. The molecule has 1 aliphatic heterocycles. The van der Waals surface area contributed by atoms with E-state index in [-0.39, 0.29) is 0 Å². The second-order valence-corrected chi connectivity index (χ2v) is 10.5. The normalized spacial score (nSPS) is 23.2. The lowest BCUT2D eigenvalue weighted by molar-refractivity contribution is 0.192. The molecule has 5 rings (SSSR count). The lowest BCUT2D eigenvalue weighted by atomic mass is 9.74. The third kappa shape index (κ3) is 3.54. The number of hydrogen-bond donors (Lipinski definition) is 2. The molecule has 0 amide bonds. The number of aromatic nitrogens is 4. The standard InChI is InChI=1S/C22H28ClN7S/c1-13-11-16(24)22(12-13)4-8-29(9-5-22)21-28-14(2)18(20-27-7-10-30(20)21)31-15-3-6-26-19(25)17(15)23/h3,6-7,10,13,16H,4-5,8-9,11-12,24H2,1-2H3,(H2,25,26). The van der Waals surface area contributed by atoms with Gasteiger partial charge in [0.25, 0.3) is 0 Å². The van der Waals surface area contributed by atoms with Crippen molar-refractivity contribution in [3.8, 4) is 0 Å². The number of nitrogens with two attached hydrogens (primary N) is 2. The van der Waals surface area contributed by atoms with Crippen molar-refractivity contribution in [1.82, 2.24) is 19.4 Å². The molecule has 1 aliphatic carbocycles. The zero-order chi connectivity index (χ0) is 21.8. The number of pyridine rings is 1. The molecular formula is C22H28ClN7S. The maximum atomic E-state index is 6.56. The van der Waals surface area contributed by atoms with Crippen LogP contribution in [-0.2, 0) is 0 Å². The summed E-state index contributed by atoms with van der Waals surface area (Å²) in [6, 6.07) is 2.19. The van der Waals surface area contributed by atoms with E-state index >= 15 is 0 Å². The zero-order valence-corrected chi connectivity index (χ0v) is 19.5. The van der Waals surface area contributed by atoms with Gasteiger partial charge in [0.15, 0.2) is 5.65 Å². The first kappa shape index (κ1) is 20.8. The Kier molecular flexibility index (Phi) is 5.27. The molecule has 1 spiro atoms. The maximum absolute atomic E-state index is 6.56. The van der Waals surface area contributed by atoms with Crippen LogP contribution >= 0.6 is 23.4 Å². The average molecular weight is 458 g/mol. The summed E-state index contributed by atoms with van der Waals surface area (Å²) in [7, 11) is 0. The van der Waals surface area contributed by atoms with Gasteiger partial charge in [-0.05, 0) is 50.0 Å². The van der Waals surface area contributed by atoms with Crippen molar-refractivity contribution in [2.45, 2.75) is 55.4 Å². The van der Waals surface area contributed by atoms with E-state index in [1.165, 1.54) is 18.2 Å². The van der Waals surface area contributed by atoms with E-state index in [1.807, 2.05) is 25.4 Å². The Hall–Kier alpha value is -2.03. The number of hydrogen-bond acceptors (Lipinski definition) is 7. The molecule has 4 heterocycles. The van der Waals surface area contributed by atoms with Crippen LogP contribution in [0.1, 0.15) is 38.3 Å². The first-order chi connectivity index (χ1) is 14.9. The number of fused-ring (bicyclic) bond motifs is 1. The Morgan fingerprint density at radius 3 is 2.71 bits per heavy atom. The van der Waals surface area contributed by atoms with Gasteiger partial charge in [-0.25, -0.2) is 15.0 Å². The number of aryl methyl sites for hydroxylation is 1. The van der Waals surface area contributed by atoms with Crippen LogP contribution in [0.3, 0.4) is 0 Å². The molecule has 2 atom stereocenters. The molecule has 9 heteroatoms. The number of anilines is 2. The van der Waals surface area contributed by atoms with Crippen LogP contribution in [0.5, 0.6) is 0 Å². The molecule has 3 aromatic rings. The quantitative estimate of drug-likeness (QED) is 0.609. The van der Waals surface area contributed by atoms with E-state index < -0.39 is 0 Å². The molecule has 31 heavy (non-hydrogen) atoms. The van der Waals surface area contributed by atoms with Gasteiger partial charge in [-0.1, -0.05) is 30.3 Å². The summed E-state index contributed by atoms with van der Waals surface area (Å²) in [5.41, 5.74) is 14.5. The molecule has 7 nitrogen and oxygen atoms in total. The summed E-state index contributed by atoms with van der Waals surface area (Å²) in [6.07, 6.45) is 10.1. The molecule has 2 unspecified atom stereocenters. The van der Waals surface area contributed by atoms with Gasteiger partial charge in [0.2, 0.25) is 5.95 Å². The first-order valence-corrected chi connectivity index (χ1v) is 12.0. The van der Waals surface area contributed by atoms with Gasteiger partial charge in [-0.15, -0.1) is 0 Å². The Morgan fingerprint density at radius 2 is 2.00 bits per heavy atom. The minimum Gasteiger partial charge on any atom is -0.382 e. The van der Waals surface area contributed by atoms with Crippen molar-refractivity contribution in [2.75, 3.05) is 23.7 Å². The Morgan fingerprint density at radius 1 is 1.23 bits per heavy atom. The lowest BCUT2D eigenvalue weighted by Gasteiger charge is -2.42. The molecule has 2 aliphatic rings. The molecule has 4 N–H and O–H groups in total. The number of nitrogen functional groups attached to an aromatic ring is 1. The number of nitrogens with zero attached hydrogens (tertiary/aromatic N) is 5. The van der Waals surface area contributed by atoms with Gasteiger partial charge in [0, 0.05) is 42.6 Å². The van der Waals surface area contributed by atoms with Gasteiger partial charge < -0.3 is 16.4 Å². The highest BCUT2D eigenvalue weighted by atomic mass is 35.5. The molecule has 0 aromatic carbocycles. The van der Waals surface area contributed by atoms with Gasteiger partial charge in [0.1, 0.15) is 5.82 Å². The lowest BCUT2D eigenvalue weighted by Crippen LogP contribution is -2.47. The SMILES string of the molecule is Cc1nc(N2CCC3(CC2)CC(C)CC3N)n2ccnc2c1Sc1ccnc(N)c1Cl. The maximum Gasteiger partial charge on any atom is 0.211 e. The average Bonchev–Trinajstić information content (AvgIpc) is 3.32. The Balaban J connectivity index is 1.45. The van der Waals surface area contributed by atoms with Crippen molar-refractivity contribution in [1.29, 1.82) is 0 Å². The number of piperidine rings is 1. The fourth-order valence-electron chi connectivity index (χ4n) is 5.36. The van der Waals surface area contributed by atoms with E-state index in [1.54, 1.807) is 6.20 Å². The van der Waals surface area contributed by atoms with Crippen LogP contribution in [0.4, 0.5) is 11.8 Å². The van der Waals surface area contributed by atoms with Gasteiger partial charge in [-0.2, -0.15) is 0 Å². The summed E-state index contributed by atoms with van der Waals surface area (Å²) in [5, 5.41) is 0.462. The summed E-state index contributed by atoms with van der Waals surface area (Å²) in [5.74, 6) is 2.01. The smallest absolute Gasteiger partial charge is 0.211 e. The predicted molar refractivity (Wildman–Crippen MR) is 126 cm³/mol. The molecule has 1 saturated carbocycles. The van der Waals surface area contributed by atoms with Crippen LogP contribution in [0.25, 0.3) is 5.65 Å². The van der Waals surface area contributed by atoms with Crippen LogP contribution in [0, 0.1) is 18.3 Å². The zero-order valence-electron chi connectivity index (χ0n) is 17.9. The minimum absolute atomic E-state index is 0.298. The molecule has 164 valence electrons. The molecule has 1 saturated heterocycles. The highest BCUT2D eigenvalue weighted by molar-refractivity contribution is 7.99. The van der Waals surface area contributed by atoms with Gasteiger partial charge in [0.05, 0.1) is 15.6 Å². The number of rotatable bonds is 3. The van der Waals surface area contributed by atoms with Gasteiger partial charge >= 0.3 is 0 Å². The topological polar surface area (TPSA) is 98.4 Å². The van der Waals surface area contributed by atoms with Crippen molar-refractivity contribution in [2.24, 2.45) is 17.1 Å². The van der Waals surface area contributed by atoms with E-state index in [2.05, 4.69) is 26.2 Å². The predicted octanol–water partition coefficient (Wildman–Crippen LogP) is 4.16. The van der Waals surface area contributed by atoms with Crippen LogP contribution in [-0.4, -0.2) is 38.5 Å². The number of halogens is 1. The second-order valence-electron chi connectivity index (χ2n) is 9.06. The van der Waals surface area contributed by atoms with Crippen molar-refractivity contribution >= 4 is 40.8 Å². The van der Waals surface area contributed by atoms with Crippen molar-refractivity contribution in [3.05, 3.63) is 35.4 Å². The highest BCUT2D eigenvalue weighted by Crippen LogP contribution is 2.48. The molecular weight excluding hydrogens is 430 g/mol. The molecule has 2 fully saturated rings. The third-order valence-corrected chi connectivity index (χ3v) is 8.74. The fourth-order valence-corrected chi connectivity index (χ4v) is 6.57. The molecule has 0 radical (unpaired) electrons. The fraction of sp³-hybridized carbons (Fsp3) is 0.500. The van der Waals surface area contributed by atoms with E-state index in [9.17, 15) is 0 Å². The monoisotopic (exact) mass is 457 g/mol. The Bertz CT molecular complexity index is 1120. The number of imidazole rings is 1. The summed E-state index contributed by atoms with van der Waals surface area (Å²) in [6.45, 7) is 6.30. The summed E-state index contributed by atoms with van der Waals surface area (Å²) in [4.78, 5) is 17.9. The largest absolute Gasteiger partial charge is 0.382 e. The van der Waals surface area contributed by atoms with Gasteiger partial charge in [-0.3, -0.25) is 4.40 Å². The Labute approximate surface area is 191 Å². The van der Waals surface area contributed by atoms with Crippen LogP contribution < -0.4 is 16.4 Å². The molecule has 0 bridgehead atoms.